The molecule has 0 spiro atoms. The monoisotopic (exact) mass is 394 g/mol. The molecule has 7 heteroatoms. The average Bonchev–Trinajstić information content (AvgIpc) is 3.17. The van der Waals surface area contributed by atoms with E-state index < -0.39 is 0 Å². The fourth-order valence-corrected chi connectivity index (χ4v) is 3.66. The number of halogens is 2. The second kappa shape index (κ2) is 8.04. The van der Waals surface area contributed by atoms with Gasteiger partial charge in [0.15, 0.2) is 5.13 Å². The molecule has 3 rings (SSSR count). The van der Waals surface area contributed by atoms with Gasteiger partial charge in [-0.05, 0) is 36.8 Å². The van der Waals surface area contributed by atoms with E-state index >= 15 is 0 Å². The minimum absolute atomic E-state index is 0.0838. The molecule has 1 N–H and O–H groups in total. The Kier molecular flexibility index (Phi) is 5.78. The number of aromatic nitrogens is 1. The van der Waals surface area contributed by atoms with Crippen LogP contribution in [0.5, 0.6) is 0 Å². The number of rotatable bonds is 6. The van der Waals surface area contributed by atoms with Gasteiger partial charge >= 0.3 is 0 Å². The smallest absolute Gasteiger partial charge is 0.226 e. The Hall–Kier alpha value is -1.82. The highest BCUT2D eigenvalue weighted by Gasteiger charge is 2.10. The number of carbonyl (C=O) groups is 1. The van der Waals surface area contributed by atoms with Crippen LogP contribution in [0.25, 0.3) is 0 Å². The van der Waals surface area contributed by atoms with Crippen molar-refractivity contribution in [3.8, 4) is 0 Å². The van der Waals surface area contributed by atoms with Gasteiger partial charge in [-0.15, -0.1) is 11.3 Å². The van der Waals surface area contributed by atoms with Crippen LogP contribution in [0, 0.1) is 6.92 Å². The first kappa shape index (κ1) is 18.0. The van der Waals surface area contributed by atoms with Crippen molar-refractivity contribution in [1.82, 2.24) is 4.98 Å². The van der Waals surface area contributed by atoms with Gasteiger partial charge in [-0.2, -0.15) is 0 Å². The molecule has 4 nitrogen and oxygen atoms in total. The molecule has 0 atom stereocenters. The summed E-state index contributed by atoms with van der Waals surface area (Å²) in [6.45, 7) is 1.88. The molecular formula is C18H16Cl2N2O2S. The number of thiazole rings is 1. The zero-order valence-electron chi connectivity index (χ0n) is 13.5. The van der Waals surface area contributed by atoms with Crippen molar-refractivity contribution >= 4 is 45.6 Å². The van der Waals surface area contributed by atoms with E-state index in [0.29, 0.717) is 34.4 Å². The van der Waals surface area contributed by atoms with Crippen LogP contribution in [-0.4, -0.2) is 10.9 Å². The van der Waals surface area contributed by atoms with Gasteiger partial charge in [0.25, 0.3) is 0 Å². The molecule has 25 heavy (non-hydrogen) atoms. The van der Waals surface area contributed by atoms with Crippen molar-refractivity contribution < 1.29 is 9.21 Å². The van der Waals surface area contributed by atoms with Gasteiger partial charge in [-0.25, -0.2) is 4.98 Å². The Morgan fingerprint density at radius 1 is 1.28 bits per heavy atom. The Labute approximate surface area is 159 Å². The molecule has 0 aliphatic heterocycles. The maximum absolute atomic E-state index is 12.0. The molecule has 0 radical (unpaired) electrons. The van der Waals surface area contributed by atoms with Crippen LogP contribution in [0.1, 0.15) is 28.4 Å². The molecule has 0 aliphatic carbocycles. The van der Waals surface area contributed by atoms with E-state index in [9.17, 15) is 4.79 Å². The molecule has 0 fully saturated rings. The van der Waals surface area contributed by atoms with Crippen LogP contribution in [0.3, 0.4) is 0 Å². The van der Waals surface area contributed by atoms with Crippen molar-refractivity contribution in [3.05, 3.63) is 68.5 Å². The number of carbonyl (C=O) groups excluding carboxylic acids is 1. The number of aryl methyl sites for hydroxylation is 2. The summed E-state index contributed by atoms with van der Waals surface area (Å²) in [5.41, 5.74) is 0.973. The fourth-order valence-electron chi connectivity index (χ4n) is 2.34. The molecule has 0 bridgehead atoms. The molecule has 0 unspecified atom stereocenters. The molecule has 1 amide bonds. The van der Waals surface area contributed by atoms with Crippen molar-refractivity contribution in [2.24, 2.45) is 0 Å². The van der Waals surface area contributed by atoms with E-state index in [1.54, 1.807) is 12.3 Å². The van der Waals surface area contributed by atoms with Crippen LogP contribution in [0.4, 0.5) is 5.13 Å². The Bertz CT molecular complexity index is 889. The quantitative estimate of drug-likeness (QED) is 0.599. The maximum Gasteiger partial charge on any atom is 0.226 e. The number of anilines is 1. The molecule has 0 saturated carbocycles. The molecule has 3 aromatic rings. The number of amides is 1. The summed E-state index contributed by atoms with van der Waals surface area (Å²) >= 11 is 13.5. The zero-order chi connectivity index (χ0) is 17.8. The van der Waals surface area contributed by atoms with Crippen molar-refractivity contribution in [1.29, 1.82) is 0 Å². The highest BCUT2D eigenvalue weighted by Crippen LogP contribution is 2.27. The standard InChI is InChI=1S/C18H16Cl2N2O2S/c1-11-2-5-14(24-11)6-7-17(23)22-18-21-10-15(25-18)8-12-3-4-13(19)9-16(12)20/h2-5,9-10H,6-8H2,1H3,(H,21,22,23). The second-order valence-electron chi connectivity index (χ2n) is 5.60. The third kappa shape index (κ3) is 5.08. The third-order valence-electron chi connectivity index (χ3n) is 3.57. The lowest BCUT2D eigenvalue weighted by molar-refractivity contribution is -0.116. The van der Waals surface area contributed by atoms with Crippen molar-refractivity contribution in [2.75, 3.05) is 5.32 Å². The lowest BCUT2D eigenvalue weighted by Gasteiger charge is -2.02. The first-order chi connectivity index (χ1) is 12.0. The van der Waals surface area contributed by atoms with Gasteiger partial charge in [0.1, 0.15) is 11.5 Å². The van der Waals surface area contributed by atoms with Crippen LogP contribution < -0.4 is 5.32 Å². The molecule has 0 saturated heterocycles. The average molecular weight is 395 g/mol. The lowest BCUT2D eigenvalue weighted by Crippen LogP contribution is -2.11. The van der Waals surface area contributed by atoms with E-state index in [4.69, 9.17) is 27.6 Å². The predicted molar refractivity (Wildman–Crippen MR) is 102 cm³/mol. The van der Waals surface area contributed by atoms with Gasteiger partial charge in [0.2, 0.25) is 5.91 Å². The minimum Gasteiger partial charge on any atom is -0.466 e. The molecule has 2 aromatic heterocycles. The van der Waals surface area contributed by atoms with Crippen molar-refractivity contribution in [2.45, 2.75) is 26.2 Å². The van der Waals surface area contributed by atoms with E-state index in [-0.39, 0.29) is 5.91 Å². The van der Waals surface area contributed by atoms with Gasteiger partial charge in [0, 0.05) is 40.4 Å². The van der Waals surface area contributed by atoms with Crippen LogP contribution in [0.15, 0.2) is 40.9 Å². The Balaban J connectivity index is 1.55. The Morgan fingerprint density at radius 2 is 2.12 bits per heavy atom. The summed E-state index contributed by atoms with van der Waals surface area (Å²) in [6, 6.07) is 9.21. The largest absolute Gasteiger partial charge is 0.466 e. The summed E-state index contributed by atoms with van der Waals surface area (Å²) in [7, 11) is 0. The minimum atomic E-state index is -0.0838. The molecule has 2 heterocycles. The number of furan rings is 1. The van der Waals surface area contributed by atoms with E-state index in [2.05, 4.69) is 10.3 Å². The summed E-state index contributed by atoms with van der Waals surface area (Å²) in [5.74, 6) is 1.57. The summed E-state index contributed by atoms with van der Waals surface area (Å²) in [5, 5.41) is 4.64. The number of benzene rings is 1. The predicted octanol–water partition coefficient (Wildman–Crippen LogP) is 5.51. The number of hydrogen-bond acceptors (Lipinski definition) is 4. The highest BCUT2D eigenvalue weighted by atomic mass is 35.5. The maximum atomic E-state index is 12.0. The van der Waals surface area contributed by atoms with Gasteiger partial charge in [-0.1, -0.05) is 29.3 Å². The van der Waals surface area contributed by atoms with Crippen LogP contribution >= 0.6 is 34.5 Å². The molecule has 130 valence electrons. The van der Waals surface area contributed by atoms with E-state index in [0.717, 1.165) is 22.0 Å². The van der Waals surface area contributed by atoms with Crippen LogP contribution in [0.2, 0.25) is 10.0 Å². The molecular weight excluding hydrogens is 379 g/mol. The first-order valence-corrected chi connectivity index (χ1v) is 9.30. The van der Waals surface area contributed by atoms with E-state index in [1.165, 1.54) is 11.3 Å². The molecule has 1 aromatic carbocycles. The summed E-state index contributed by atoms with van der Waals surface area (Å²) in [6.07, 6.45) is 3.32. The third-order valence-corrected chi connectivity index (χ3v) is 5.07. The second-order valence-corrected chi connectivity index (χ2v) is 7.56. The lowest BCUT2D eigenvalue weighted by atomic mass is 10.1. The van der Waals surface area contributed by atoms with Gasteiger partial charge < -0.3 is 9.73 Å². The Morgan fingerprint density at radius 3 is 2.84 bits per heavy atom. The number of nitrogens with one attached hydrogen (secondary N) is 1. The van der Waals surface area contributed by atoms with Crippen molar-refractivity contribution in [3.63, 3.8) is 0 Å². The highest BCUT2D eigenvalue weighted by molar-refractivity contribution is 7.15. The van der Waals surface area contributed by atoms with Gasteiger partial charge in [0.05, 0.1) is 0 Å². The zero-order valence-corrected chi connectivity index (χ0v) is 15.8. The topological polar surface area (TPSA) is 55.1 Å². The number of hydrogen-bond donors (Lipinski definition) is 1. The summed E-state index contributed by atoms with van der Waals surface area (Å²) in [4.78, 5) is 17.3. The molecule has 0 aliphatic rings. The normalized spacial score (nSPS) is 10.8. The first-order valence-electron chi connectivity index (χ1n) is 7.73. The van der Waals surface area contributed by atoms with Gasteiger partial charge in [-0.3, -0.25) is 4.79 Å². The van der Waals surface area contributed by atoms with Crippen LogP contribution in [-0.2, 0) is 17.6 Å². The SMILES string of the molecule is Cc1ccc(CCC(=O)Nc2ncc(Cc3ccc(Cl)cc3Cl)s2)o1. The summed E-state index contributed by atoms with van der Waals surface area (Å²) < 4.78 is 5.46. The van der Waals surface area contributed by atoms with E-state index in [1.807, 2.05) is 31.2 Å². The fraction of sp³-hybridized carbons (Fsp3) is 0.222. The number of nitrogens with zero attached hydrogens (tertiary/aromatic N) is 1.